The van der Waals surface area contributed by atoms with E-state index in [0.717, 1.165) is 19.3 Å². The maximum atomic E-state index is 12.4. The van der Waals surface area contributed by atoms with Gasteiger partial charge in [-0.3, -0.25) is 4.79 Å². The van der Waals surface area contributed by atoms with Gasteiger partial charge in [-0.2, -0.15) is 4.31 Å². The summed E-state index contributed by atoms with van der Waals surface area (Å²) < 4.78 is 26.3. The second-order valence-corrected chi connectivity index (χ2v) is 7.54. The number of rotatable bonds is 6. The van der Waals surface area contributed by atoms with E-state index in [9.17, 15) is 13.2 Å². The van der Waals surface area contributed by atoms with Gasteiger partial charge in [0.05, 0.1) is 5.75 Å². The number of amides is 1. The molecule has 1 fully saturated rings. The molecule has 122 valence electrons. The molecule has 1 aliphatic rings. The first-order valence-corrected chi connectivity index (χ1v) is 9.37. The minimum Gasteiger partial charge on any atom is -0.309 e. The zero-order valence-corrected chi connectivity index (χ0v) is 13.7. The monoisotopic (exact) mass is 325 g/mol. The highest BCUT2D eigenvalue weighted by molar-refractivity contribution is 7.89. The van der Waals surface area contributed by atoms with Crippen molar-refractivity contribution in [2.45, 2.75) is 45.1 Å². The van der Waals surface area contributed by atoms with Crippen LogP contribution >= 0.6 is 0 Å². The number of hydrogen-bond donors (Lipinski definition) is 1. The van der Waals surface area contributed by atoms with Crippen LogP contribution in [0.3, 0.4) is 0 Å². The van der Waals surface area contributed by atoms with Crippen molar-refractivity contribution < 1.29 is 13.2 Å². The van der Waals surface area contributed by atoms with E-state index in [-0.39, 0.29) is 11.7 Å². The second-order valence-electron chi connectivity index (χ2n) is 5.50. The Hall–Kier alpha value is -1.47. The topological polar surface area (TPSA) is 79.4 Å². The van der Waals surface area contributed by atoms with Crippen LogP contribution in [-0.4, -0.2) is 42.0 Å². The number of sulfonamides is 1. The summed E-state index contributed by atoms with van der Waals surface area (Å²) in [5.74, 6) is 0.263. The van der Waals surface area contributed by atoms with Crippen molar-refractivity contribution in [1.29, 1.82) is 0 Å². The second kappa shape index (κ2) is 7.69. The van der Waals surface area contributed by atoms with Crippen LogP contribution in [0.25, 0.3) is 0 Å². The van der Waals surface area contributed by atoms with Crippen LogP contribution in [0, 0.1) is 0 Å². The molecule has 1 unspecified atom stereocenters. The van der Waals surface area contributed by atoms with E-state index >= 15 is 0 Å². The van der Waals surface area contributed by atoms with Gasteiger partial charge in [0.2, 0.25) is 15.9 Å². The van der Waals surface area contributed by atoms with Crippen molar-refractivity contribution in [1.82, 2.24) is 9.29 Å². The molecule has 1 atom stereocenters. The third-order valence-electron chi connectivity index (χ3n) is 3.79. The highest BCUT2D eigenvalue weighted by atomic mass is 32.2. The van der Waals surface area contributed by atoms with Gasteiger partial charge in [-0.1, -0.05) is 25.8 Å². The van der Waals surface area contributed by atoms with E-state index in [1.807, 2.05) is 6.92 Å². The molecular formula is C15H23N3O3S. The van der Waals surface area contributed by atoms with Gasteiger partial charge < -0.3 is 5.32 Å². The Labute approximate surface area is 132 Å². The number of pyridine rings is 1. The number of carbonyl (C=O) groups is 1. The summed E-state index contributed by atoms with van der Waals surface area (Å²) in [6.45, 7) is 2.38. The minimum absolute atomic E-state index is 0.108. The van der Waals surface area contributed by atoms with Crippen LogP contribution in [0.5, 0.6) is 0 Å². The van der Waals surface area contributed by atoms with Crippen molar-refractivity contribution in [3.63, 3.8) is 0 Å². The smallest absolute Gasteiger partial charge is 0.243 e. The number of nitrogens with zero attached hydrogens (tertiary/aromatic N) is 2. The lowest BCUT2D eigenvalue weighted by molar-refractivity contribution is -0.120. The Balaban J connectivity index is 2.10. The lowest BCUT2D eigenvalue weighted by Crippen LogP contribution is -2.50. The summed E-state index contributed by atoms with van der Waals surface area (Å²) in [5.41, 5.74) is 0. The lowest BCUT2D eigenvalue weighted by atomic mass is 10.0. The predicted molar refractivity (Wildman–Crippen MR) is 85.9 cm³/mol. The predicted octanol–water partition coefficient (Wildman–Crippen LogP) is 2.00. The molecule has 22 heavy (non-hydrogen) atoms. The van der Waals surface area contributed by atoms with Gasteiger partial charge in [0.1, 0.15) is 11.9 Å². The number of carbonyl (C=O) groups excluding carboxylic acids is 1. The van der Waals surface area contributed by atoms with E-state index in [0.29, 0.717) is 25.2 Å². The number of unbranched alkanes of at least 4 members (excludes halogenated alkanes) is 1. The number of anilines is 1. The fourth-order valence-electron chi connectivity index (χ4n) is 2.59. The molecule has 1 aromatic rings. The molecular weight excluding hydrogens is 302 g/mol. The fraction of sp³-hybridized carbons (Fsp3) is 0.600. The average Bonchev–Trinajstić information content (AvgIpc) is 2.54. The number of piperidine rings is 1. The van der Waals surface area contributed by atoms with Gasteiger partial charge in [-0.25, -0.2) is 13.4 Å². The van der Waals surface area contributed by atoms with Crippen LogP contribution in [0.4, 0.5) is 5.82 Å². The van der Waals surface area contributed by atoms with Gasteiger partial charge in [0.25, 0.3) is 0 Å². The summed E-state index contributed by atoms with van der Waals surface area (Å²) in [6.07, 6.45) is 5.25. The van der Waals surface area contributed by atoms with Crippen LogP contribution in [0.15, 0.2) is 24.4 Å². The third-order valence-corrected chi connectivity index (χ3v) is 5.74. The zero-order chi connectivity index (χ0) is 16.0. The summed E-state index contributed by atoms with van der Waals surface area (Å²) in [4.78, 5) is 16.5. The van der Waals surface area contributed by atoms with Crippen LogP contribution in [0.2, 0.25) is 0 Å². The van der Waals surface area contributed by atoms with E-state index in [1.165, 1.54) is 4.31 Å². The quantitative estimate of drug-likeness (QED) is 0.867. The minimum atomic E-state index is -3.38. The molecule has 2 heterocycles. The Morgan fingerprint density at radius 3 is 2.91 bits per heavy atom. The van der Waals surface area contributed by atoms with Crippen LogP contribution in [0.1, 0.15) is 39.0 Å². The molecule has 0 spiro atoms. The van der Waals surface area contributed by atoms with Gasteiger partial charge in [0, 0.05) is 12.7 Å². The molecule has 1 aliphatic heterocycles. The first kappa shape index (κ1) is 16.9. The average molecular weight is 325 g/mol. The van der Waals surface area contributed by atoms with Crippen molar-refractivity contribution in [3.8, 4) is 0 Å². The van der Waals surface area contributed by atoms with E-state index < -0.39 is 16.1 Å². The molecule has 0 saturated carbocycles. The Kier molecular flexibility index (Phi) is 5.90. The molecule has 1 saturated heterocycles. The normalized spacial score (nSPS) is 19.8. The zero-order valence-electron chi connectivity index (χ0n) is 12.9. The van der Waals surface area contributed by atoms with Crippen LogP contribution < -0.4 is 5.32 Å². The third kappa shape index (κ3) is 4.27. The molecule has 0 aliphatic carbocycles. The van der Waals surface area contributed by atoms with Crippen molar-refractivity contribution in [3.05, 3.63) is 24.4 Å². The highest BCUT2D eigenvalue weighted by Crippen LogP contribution is 2.22. The highest BCUT2D eigenvalue weighted by Gasteiger charge is 2.36. The van der Waals surface area contributed by atoms with Gasteiger partial charge >= 0.3 is 0 Å². The molecule has 0 radical (unpaired) electrons. The summed E-state index contributed by atoms with van der Waals surface area (Å²) in [5, 5.41) is 2.71. The van der Waals surface area contributed by atoms with E-state index in [4.69, 9.17) is 0 Å². The van der Waals surface area contributed by atoms with Gasteiger partial charge in [-0.15, -0.1) is 0 Å². The lowest BCUT2D eigenvalue weighted by Gasteiger charge is -2.33. The van der Waals surface area contributed by atoms with Crippen molar-refractivity contribution >= 4 is 21.7 Å². The first-order chi connectivity index (χ1) is 10.5. The number of hydrogen-bond acceptors (Lipinski definition) is 4. The van der Waals surface area contributed by atoms with Crippen molar-refractivity contribution in [2.75, 3.05) is 17.6 Å². The Bertz CT molecular complexity index is 589. The number of aromatic nitrogens is 1. The fourth-order valence-corrected chi connectivity index (χ4v) is 4.47. The maximum Gasteiger partial charge on any atom is 0.243 e. The largest absolute Gasteiger partial charge is 0.309 e. The van der Waals surface area contributed by atoms with E-state index in [2.05, 4.69) is 10.3 Å². The summed E-state index contributed by atoms with van der Waals surface area (Å²) in [6, 6.07) is 4.60. The van der Waals surface area contributed by atoms with Crippen LogP contribution in [-0.2, 0) is 14.8 Å². The molecule has 6 nitrogen and oxygen atoms in total. The molecule has 0 aromatic carbocycles. The SMILES string of the molecule is CCCCS(=O)(=O)N1CCCCC1C(=O)Nc1ccccn1. The number of nitrogens with one attached hydrogen (secondary N) is 1. The molecule has 1 aromatic heterocycles. The standard InChI is InChI=1S/C15H23N3O3S/c1-2-3-12-22(20,21)18-11-7-5-8-13(18)15(19)17-14-9-4-6-10-16-14/h4,6,9-10,13H,2-3,5,7-8,11-12H2,1H3,(H,16,17,19). The molecule has 1 amide bonds. The van der Waals surface area contributed by atoms with Crippen molar-refractivity contribution in [2.24, 2.45) is 0 Å². The van der Waals surface area contributed by atoms with E-state index in [1.54, 1.807) is 24.4 Å². The maximum absolute atomic E-state index is 12.4. The van der Waals surface area contributed by atoms with Gasteiger partial charge in [0.15, 0.2) is 0 Å². The summed E-state index contributed by atoms with van der Waals surface area (Å²) >= 11 is 0. The molecule has 1 N–H and O–H groups in total. The Morgan fingerprint density at radius 2 is 2.23 bits per heavy atom. The molecule has 7 heteroatoms. The first-order valence-electron chi connectivity index (χ1n) is 7.76. The molecule has 2 rings (SSSR count). The van der Waals surface area contributed by atoms with Gasteiger partial charge in [-0.05, 0) is 31.4 Å². The Morgan fingerprint density at radius 1 is 1.41 bits per heavy atom. The summed E-state index contributed by atoms with van der Waals surface area (Å²) in [7, 11) is -3.38. The molecule has 0 bridgehead atoms.